The summed E-state index contributed by atoms with van der Waals surface area (Å²) >= 11 is 1.56. The van der Waals surface area contributed by atoms with Gasteiger partial charge < -0.3 is 9.30 Å². The third-order valence-electron chi connectivity index (χ3n) is 4.51. The van der Waals surface area contributed by atoms with Gasteiger partial charge in [-0.25, -0.2) is 0 Å². The number of carbonyl (C=O) groups excluding carboxylic acids is 1. The maximum atomic E-state index is 12.5. The summed E-state index contributed by atoms with van der Waals surface area (Å²) in [5.74, 6) is 0.666. The molecule has 0 bridgehead atoms. The molecule has 0 aliphatic rings. The quantitative estimate of drug-likeness (QED) is 0.528. The van der Waals surface area contributed by atoms with Crippen molar-refractivity contribution in [1.29, 1.82) is 0 Å². The Labute approximate surface area is 161 Å². The molecule has 4 rings (SSSR count). The number of fused-ring (bicyclic) bond motifs is 3. The van der Waals surface area contributed by atoms with Crippen LogP contribution in [0.2, 0.25) is 0 Å². The first kappa shape index (κ1) is 17.5. The van der Waals surface area contributed by atoms with E-state index in [9.17, 15) is 4.79 Å². The van der Waals surface area contributed by atoms with Crippen molar-refractivity contribution in [1.82, 2.24) is 4.57 Å². The van der Waals surface area contributed by atoms with E-state index in [-0.39, 0.29) is 12.3 Å². The van der Waals surface area contributed by atoms with Gasteiger partial charge in [-0.3, -0.25) is 4.79 Å². The third-order valence-corrected chi connectivity index (χ3v) is 5.69. The van der Waals surface area contributed by atoms with Crippen LogP contribution in [0.3, 0.4) is 0 Å². The van der Waals surface area contributed by atoms with Crippen molar-refractivity contribution in [3.05, 3.63) is 71.0 Å². The van der Waals surface area contributed by atoms with E-state index in [1.165, 1.54) is 10.8 Å². The van der Waals surface area contributed by atoms with Crippen LogP contribution in [-0.2, 0) is 18.3 Å². The Kier molecular flexibility index (Phi) is 4.77. The minimum Gasteiger partial charge on any atom is -0.494 e. The molecule has 0 saturated carbocycles. The molecule has 1 aromatic heterocycles. The summed E-state index contributed by atoms with van der Waals surface area (Å²) in [5.41, 5.74) is 2.02. The summed E-state index contributed by atoms with van der Waals surface area (Å²) < 4.78 is 8.58. The molecule has 0 saturated heterocycles. The highest BCUT2D eigenvalue weighted by Crippen LogP contribution is 2.27. The number of nitrogens with zero attached hydrogens (tertiary/aromatic N) is 2. The lowest BCUT2D eigenvalue weighted by Gasteiger charge is -2.03. The molecule has 0 spiro atoms. The second kappa shape index (κ2) is 7.37. The van der Waals surface area contributed by atoms with E-state index in [1.807, 2.05) is 54.9 Å². The minimum atomic E-state index is -0.148. The van der Waals surface area contributed by atoms with Crippen LogP contribution >= 0.6 is 11.3 Å². The van der Waals surface area contributed by atoms with Gasteiger partial charge in [-0.1, -0.05) is 53.8 Å². The van der Waals surface area contributed by atoms with Crippen molar-refractivity contribution in [2.75, 3.05) is 6.61 Å². The number of amides is 1. The summed E-state index contributed by atoms with van der Waals surface area (Å²) in [6.07, 6.45) is 0.279. The lowest BCUT2D eigenvalue weighted by atomic mass is 10.1. The molecule has 0 atom stereocenters. The zero-order chi connectivity index (χ0) is 18.8. The lowest BCUT2D eigenvalue weighted by molar-refractivity contribution is -0.117. The molecule has 4 aromatic rings. The first-order valence-corrected chi connectivity index (χ1v) is 9.74. The van der Waals surface area contributed by atoms with E-state index < -0.39 is 0 Å². The summed E-state index contributed by atoms with van der Waals surface area (Å²) in [6.45, 7) is 2.58. The second-order valence-corrected chi connectivity index (χ2v) is 7.32. The molecule has 0 unspecified atom stereocenters. The summed E-state index contributed by atoms with van der Waals surface area (Å²) in [4.78, 5) is 17.6. The Morgan fingerprint density at radius 2 is 1.85 bits per heavy atom. The Morgan fingerprint density at radius 3 is 2.63 bits per heavy atom. The van der Waals surface area contributed by atoms with Crippen LogP contribution < -0.4 is 9.54 Å². The minimum absolute atomic E-state index is 0.148. The zero-order valence-electron chi connectivity index (χ0n) is 15.3. The summed E-state index contributed by atoms with van der Waals surface area (Å²) in [7, 11) is 1.95. The summed E-state index contributed by atoms with van der Waals surface area (Å²) in [6, 6.07) is 20.1. The van der Waals surface area contributed by atoms with E-state index in [0.29, 0.717) is 6.61 Å². The number of aromatic nitrogens is 1. The fourth-order valence-electron chi connectivity index (χ4n) is 3.15. The number of benzene rings is 3. The van der Waals surface area contributed by atoms with Crippen LogP contribution in [0.15, 0.2) is 65.7 Å². The van der Waals surface area contributed by atoms with Gasteiger partial charge in [0.25, 0.3) is 5.91 Å². The largest absolute Gasteiger partial charge is 0.494 e. The van der Waals surface area contributed by atoms with Crippen molar-refractivity contribution in [3.63, 3.8) is 0 Å². The van der Waals surface area contributed by atoms with E-state index >= 15 is 0 Å². The molecule has 0 aliphatic carbocycles. The fraction of sp³-hybridized carbons (Fsp3) is 0.182. The van der Waals surface area contributed by atoms with Crippen LogP contribution in [0.5, 0.6) is 5.75 Å². The highest BCUT2D eigenvalue weighted by atomic mass is 32.1. The van der Waals surface area contributed by atoms with Crippen molar-refractivity contribution in [2.24, 2.45) is 12.0 Å². The third kappa shape index (κ3) is 3.51. The van der Waals surface area contributed by atoms with Gasteiger partial charge in [-0.15, -0.1) is 0 Å². The molecule has 5 heteroatoms. The lowest BCUT2D eigenvalue weighted by Crippen LogP contribution is -2.14. The number of hydrogen-bond donors (Lipinski definition) is 0. The number of hydrogen-bond acceptors (Lipinski definition) is 3. The Balaban J connectivity index is 1.66. The molecule has 3 aromatic carbocycles. The van der Waals surface area contributed by atoms with Gasteiger partial charge in [0.2, 0.25) is 0 Å². The highest BCUT2D eigenvalue weighted by Gasteiger charge is 2.09. The highest BCUT2D eigenvalue weighted by molar-refractivity contribution is 7.17. The average molecular weight is 376 g/mol. The second-order valence-electron chi connectivity index (χ2n) is 6.34. The number of aryl methyl sites for hydroxylation is 1. The molecule has 4 nitrogen and oxygen atoms in total. The zero-order valence-corrected chi connectivity index (χ0v) is 16.1. The van der Waals surface area contributed by atoms with Crippen LogP contribution in [0.4, 0.5) is 0 Å². The molecule has 136 valence electrons. The van der Waals surface area contributed by atoms with Crippen LogP contribution in [0.1, 0.15) is 12.5 Å². The maximum Gasteiger partial charge on any atom is 0.252 e. The average Bonchev–Trinajstić information content (AvgIpc) is 2.99. The maximum absolute atomic E-state index is 12.5. The molecule has 1 heterocycles. The van der Waals surface area contributed by atoms with E-state index in [1.54, 1.807) is 11.3 Å². The number of ether oxygens (including phenoxy) is 1. The Hall–Kier alpha value is -2.92. The molecular weight excluding hydrogens is 356 g/mol. The van der Waals surface area contributed by atoms with Crippen molar-refractivity contribution >= 4 is 38.2 Å². The summed E-state index contributed by atoms with van der Waals surface area (Å²) in [5, 5.41) is 2.38. The molecule has 0 radical (unpaired) electrons. The van der Waals surface area contributed by atoms with Crippen molar-refractivity contribution in [3.8, 4) is 5.75 Å². The predicted molar refractivity (Wildman–Crippen MR) is 110 cm³/mol. The fourth-order valence-corrected chi connectivity index (χ4v) is 4.33. The Morgan fingerprint density at radius 1 is 1.07 bits per heavy atom. The van der Waals surface area contributed by atoms with Crippen molar-refractivity contribution in [2.45, 2.75) is 13.3 Å². The normalized spacial score (nSPS) is 12.0. The topological polar surface area (TPSA) is 43.6 Å². The van der Waals surface area contributed by atoms with E-state index in [4.69, 9.17) is 4.74 Å². The predicted octanol–water partition coefficient (Wildman–Crippen LogP) is 4.46. The van der Waals surface area contributed by atoms with Gasteiger partial charge in [0, 0.05) is 12.4 Å². The van der Waals surface area contributed by atoms with E-state index in [0.717, 1.165) is 26.3 Å². The van der Waals surface area contributed by atoms with Crippen molar-refractivity contribution < 1.29 is 9.53 Å². The van der Waals surface area contributed by atoms with Crippen LogP contribution in [0.25, 0.3) is 21.0 Å². The number of rotatable bonds is 4. The smallest absolute Gasteiger partial charge is 0.252 e. The SMILES string of the molecule is CCOc1ccc(CC(=O)N=c2sc3c4ccccc4ccc3n2C)cc1. The van der Waals surface area contributed by atoms with Crippen LogP contribution in [-0.4, -0.2) is 17.1 Å². The molecular formula is C22H20N2O2S. The molecule has 27 heavy (non-hydrogen) atoms. The van der Waals surface area contributed by atoms with Gasteiger partial charge in [0.15, 0.2) is 4.80 Å². The van der Waals surface area contributed by atoms with Gasteiger partial charge in [-0.05, 0) is 36.1 Å². The first-order chi connectivity index (χ1) is 13.2. The van der Waals surface area contributed by atoms with Gasteiger partial charge in [0.05, 0.1) is 23.2 Å². The molecule has 0 N–H and O–H groups in total. The van der Waals surface area contributed by atoms with E-state index in [2.05, 4.69) is 29.3 Å². The van der Waals surface area contributed by atoms with Gasteiger partial charge in [-0.2, -0.15) is 4.99 Å². The molecule has 1 amide bonds. The molecule has 0 fully saturated rings. The monoisotopic (exact) mass is 376 g/mol. The first-order valence-electron chi connectivity index (χ1n) is 8.92. The number of carbonyl (C=O) groups is 1. The Bertz CT molecular complexity index is 1190. The molecule has 0 aliphatic heterocycles. The van der Waals surface area contributed by atoms with Gasteiger partial charge in [0.1, 0.15) is 5.75 Å². The standard InChI is InChI=1S/C22H20N2O2S/c1-3-26-17-11-8-15(9-12-17)14-20(25)23-22-24(2)19-13-10-16-6-4-5-7-18(16)21(19)27-22/h4-13H,3,14H2,1-2H3. The van der Waals surface area contributed by atoms with Crippen LogP contribution in [0, 0.1) is 0 Å². The number of thiazole rings is 1. The van der Waals surface area contributed by atoms with Gasteiger partial charge >= 0.3 is 0 Å².